The topological polar surface area (TPSA) is 83.5 Å². The van der Waals surface area contributed by atoms with Crippen LogP contribution in [0.2, 0.25) is 0 Å². The molecule has 1 atom stereocenters. The van der Waals surface area contributed by atoms with Crippen molar-refractivity contribution in [3.05, 3.63) is 36.2 Å². The van der Waals surface area contributed by atoms with Gasteiger partial charge in [-0.1, -0.05) is 0 Å². The van der Waals surface area contributed by atoms with Crippen LogP contribution in [0.25, 0.3) is 22.3 Å². The largest absolute Gasteiger partial charge is 0.377 e. The Labute approximate surface area is 165 Å². The van der Waals surface area contributed by atoms with E-state index in [0.717, 1.165) is 40.2 Å². The molecule has 0 amide bonds. The maximum Gasteiger partial charge on any atom is 0.164 e. The lowest BCUT2D eigenvalue weighted by molar-refractivity contribution is 0.0989. The smallest absolute Gasteiger partial charge is 0.164 e. The summed E-state index contributed by atoms with van der Waals surface area (Å²) in [5.74, 6) is 0.485. The van der Waals surface area contributed by atoms with Gasteiger partial charge in [0, 0.05) is 69.4 Å². The second-order valence-corrected chi connectivity index (χ2v) is 10.1. The monoisotopic (exact) mass is 399 g/mol. The maximum absolute atomic E-state index is 12.3. The SMILES string of the molecule is Cc1cc2c(-c3cc(N4CCOCC4C)cc(N=S(C)(C)=O)n3)ccnc2[nH]1. The van der Waals surface area contributed by atoms with Crippen LogP contribution in [-0.2, 0) is 14.5 Å². The predicted octanol–water partition coefficient (Wildman–Crippen LogP) is 3.52. The van der Waals surface area contributed by atoms with Crippen molar-refractivity contribution in [2.24, 2.45) is 4.36 Å². The van der Waals surface area contributed by atoms with Crippen molar-refractivity contribution in [3.8, 4) is 11.3 Å². The first-order valence-corrected chi connectivity index (χ1v) is 11.6. The van der Waals surface area contributed by atoms with E-state index < -0.39 is 9.73 Å². The summed E-state index contributed by atoms with van der Waals surface area (Å²) >= 11 is 0. The maximum atomic E-state index is 12.3. The summed E-state index contributed by atoms with van der Waals surface area (Å²) < 4.78 is 22.3. The number of aromatic amines is 1. The molecule has 3 aromatic rings. The molecule has 3 aromatic heterocycles. The van der Waals surface area contributed by atoms with Crippen LogP contribution in [0.5, 0.6) is 0 Å². The van der Waals surface area contributed by atoms with E-state index in [1.807, 2.05) is 19.1 Å². The minimum atomic E-state index is -2.32. The number of rotatable bonds is 3. The molecule has 0 saturated carbocycles. The van der Waals surface area contributed by atoms with Crippen molar-refractivity contribution in [2.75, 3.05) is 37.2 Å². The molecule has 0 aromatic carbocycles. The zero-order chi connectivity index (χ0) is 19.9. The van der Waals surface area contributed by atoms with Crippen LogP contribution >= 0.6 is 0 Å². The number of pyridine rings is 2. The van der Waals surface area contributed by atoms with Crippen molar-refractivity contribution in [1.29, 1.82) is 0 Å². The van der Waals surface area contributed by atoms with Gasteiger partial charge in [0.2, 0.25) is 0 Å². The number of hydrogen-bond acceptors (Lipinski definition) is 6. The first kappa shape index (κ1) is 18.9. The highest BCUT2D eigenvalue weighted by Gasteiger charge is 2.21. The summed E-state index contributed by atoms with van der Waals surface area (Å²) in [6.07, 6.45) is 5.02. The number of fused-ring (bicyclic) bond motifs is 1. The van der Waals surface area contributed by atoms with Gasteiger partial charge in [-0.15, -0.1) is 0 Å². The van der Waals surface area contributed by atoms with Crippen LogP contribution in [0.15, 0.2) is 34.8 Å². The summed E-state index contributed by atoms with van der Waals surface area (Å²) in [7, 11) is -2.32. The van der Waals surface area contributed by atoms with E-state index in [-0.39, 0.29) is 6.04 Å². The highest BCUT2D eigenvalue weighted by atomic mass is 32.2. The van der Waals surface area contributed by atoms with E-state index in [0.29, 0.717) is 19.0 Å². The number of nitrogens with zero attached hydrogens (tertiary/aromatic N) is 4. The van der Waals surface area contributed by atoms with Gasteiger partial charge in [0.15, 0.2) is 5.82 Å². The van der Waals surface area contributed by atoms with E-state index in [2.05, 4.69) is 38.3 Å². The average molecular weight is 400 g/mol. The highest BCUT2D eigenvalue weighted by Crippen LogP contribution is 2.33. The van der Waals surface area contributed by atoms with E-state index in [1.165, 1.54) is 0 Å². The van der Waals surface area contributed by atoms with Crippen LogP contribution in [0, 0.1) is 6.92 Å². The molecule has 4 heterocycles. The van der Waals surface area contributed by atoms with Crippen molar-refractivity contribution in [1.82, 2.24) is 15.0 Å². The van der Waals surface area contributed by atoms with Gasteiger partial charge in [-0.05, 0) is 32.0 Å². The Morgan fingerprint density at radius 2 is 2.14 bits per heavy atom. The molecule has 1 N–H and O–H groups in total. The fourth-order valence-electron chi connectivity index (χ4n) is 3.57. The Kier molecular flexibility index (Phi) is 4.84. The molecule has 8 heteroatoms. The zero-order valence-electron chi connectivity index (χ0n) is 16.6. The van der Waals surface area contributed by atoms with Crippen LogP contribution < -0.4 is 4.90 Å². The molecule has 0 spiro atoms. The highest BCUT2D eigenvalue weighted by molar-refractivity contribution is 7.92. The van der Waals surface area contributed by atoms with Gasteiger partial charge in [-0.2, -0.15) is 4.36 Å². The average Bonchev–Trinajstić information content (AvgIpc) is 3.00. The van der Waals surface area contributed by atoms with Gasteiger partial charge in [0.05, 0.1) is 18.9 Å². The number of aryl methyl sites for hydroxylation is 1. The first-order valence-electron chi connectivity index (χ1n) is 9.28. The zero-order valence-corrected chi connectivity index (χ0v) is 17.4. The molecule has 0 bridgehead atoms. The van der Waals surface area contributed by atoms with Gasteiger partial charge in [-0.25, -0.2) is 14.2 Å². The molecule has 7 nitrogen and oxygen atoms in total. The van der Waals surface area contributed by atoms with Crippen molar-refractivity contribution in [2.45, 2.75) is 19.9 Å². The second kappa shape index (κ2) is 7.18. The molecule has 28 heavy (non-hydrogen) atoms. The van der Waals surface area contributed by atoms with Crippen molar-refractivity contribution >= 4 is 32.3 Å². The van der Waals surface area contributed by atoms with Gasteiger partial charge in [0.25, 0.3) is 0 Å². The van der Waals surface area contributed by atoms with E-state index in [4.69, 9.17) is 9.72 Å². The Balaban J connectivity index is 1.92. The lowest BCUT2D eigenvalue weighted by atomic mass is 10.1. The fourth-order valence-corrected chi connectivity index (χ4v) is 4.11. The number of ether oxygens (including phenoxy) is 1. The molecule has 1 aliphatic rings. The van der Waals surface area contributed by atoms with Crippen molar-refractivity contribution < 1.29 is 8.95 Å². The Morgan fingerprint density at radius 3 is 2.89 bits per heavy atom. The molecule has 0 aliphatic carbocycles. The van der Waals surface area contributed by atoms with Crippen LogP contribution in [-0.4, -0.2) is 57.5 Å². The minimum Gasteiger partial charge on any atom is -0.377 e. The molecular formula is C20H25N5O2S. The Hall–Kier alpha value is -2.45. The number of anilines is 1. The third-order valence-electron chi connectivity index (χ3n) is 4.75. The van der Waals surface area contributed by atoms with Crippen LogP contribution in [0.4, 0.5) is 11.5 Å². The standard InChI is InChI=1S/C20H25N5O2S/c1-13-9-17-16(5-6-21-20(17)22-13)18-10-15(25-7-8-27-12-14(25)2)11-19(23-18)24-28(3,4)26/h5-6,9-11,14H,7-8,12H2,1-4H3,(H,21,22). The summed E-state index contributed by atoms with van der Waals surface area (Å²) in [5.41, 5.74) is 4.66. The summed E-state index contributed by atoms with van der Waals surface area (Å²) in [5, 5.41) is 1.01. The van der Waals surface area contributed by atoms with E-state index in [1.54, 1.807) is 18.7 Å². The number of aromatic nitrogens is 3. The number of nitrogens with one attached hydrogen (secondary N) is 1. The van der Waals surface area contributed by atoms with E-state index in [9.17, 15) is 4.21 Å². The first-order chi connectivity index (χ1) is 13.3. The number of hydrogen-bond donors (Lipinski definition) is 1. The fraction of sp³-hybridized carbons (Fsp3) is 0.400. The molecule has 148 valence electrons. The molecule has 1 fully saturated rings. The summed E-state index contributed by atoms with van der Waals surface area (Å²) in [6, 6.07) is 8.27. The second-order valence-electron chi connectivity index (χ2n) is 7.53. The third kappa shape index (κ3) is 3.88. The van der Waals surface area contributed by atoms with Gasteiger partial charge in [-0.3, -0.25) is 0 Å². The summed E-state index contributed by atoms with van der Waals surface area (Å²) in [4.78, 5) is 14.7. The molecule has 4 rings (SSSR count). The Bertz CT molecular complexity index is 1140. The minimum absolute atomic E-state index is 0.247. The molecule has 1 saturated heterocycles. The third-order valence-corrected chi connectivity index (χ3v) is 5.38. The predicted molar refractivity (Wildman–Crippen MR) is 114 cm³/mol. The number of H-pyrrole nitrogens is 1. The molecular weight excluding hydrogens is 374 g/mol. The number of morpholine rings is 1. The van der Waals surface area contributed by atoms with Gasteiger partial charge < -0.3 is 14.6 Å². The van der Waals surface area contributed by atoms with Gasteiger partial charge in [0.1, 0.15) is 5.65 Å². The summed E-state index contributed by atoms with van der Waals surface area (Å²) in [6.45, 7) is 6.31. The molecule has 1 aliphatic heterocycles. The van der Waals surface area contributed by atoms with Gasteiger partial charge >= 0.3 is 0 Å². The normalized spacial score (nSPS) is 17.9. The lowest BCUT2D eigenvalue weighted by Crippen LogP contribution is -2.43. The Morgan fingerprint density at radius 1 is 1.32 bits per heavy atom. The van der Waals surface area contributed by atoms with Crippen molar-refractivity contribution in [3.63, 3.8) is 0 Å². The molecule has 1 unspecified atom stereocenters. The quantitative estimate of drug-likeness (QED) is 0.729. The lowest BCUT2D eigenvalue weighted by Gasteiger charge is -2.35. The van der Waals surface area contributed by atoms with E-state index >= 15 is 0 Å². The van der Waals surface area contributed by atoms with Crippen LogP contribution in [0.3, 0.4) is 0 Å². The van der Waals surface area contributed by atoms with Crippen LogP contribution in [0.1, 0.15) is 12.6 Å². The molecule has 0 radical (unpaired) electrons.